The van der Waals surface area contributed by atoms with Gasteiger partial charge in [-0.05, 0) is 24.6 Å². The summed E-state index contributed by atoms with van der Waals surface area (Å²) in [6, 6.07) is 10.4. The van der Waals surface area contributed by atoms with Crippen molar-refractivity contribution < 1.29 is 13.5 Å². The third kappa shape index (κ3) is 3.90. The molecular weight excluding hydrogens is 284 g/mol. The highest BCUT2D eigenvalue weighted by molar-refractivity contribution is 6.21. The van der Waals surface area contributed by atoms with E-state index in [0.29, 0.717) is 12.0 Å². The van der Waals surface area contributed by atoms with Gasteiger partial charge in [0.1, 0.15) is 5.75 Å². The minimum atomic E-state index is -2.86. The predicted octanol–water partition coefficient (Wildman–Crippen LogP) is 4.51. The summed E-state index contributed by atoms with van der Waals surface area (Å²) >= 11 is 6.30. The zero-order valence-corrected chi connectivity index (χ0v) is 11.6. The molecule has 0 saturated carbocycles. The zero-order valence-electron chi connectivity index (χ0n) is 10.9. The lowest BCUT2D eigenvalue weighted by molar-refractivity contribution is -0.0504. The van der Waals surface area contributed by atoms with Crippen LogP contribution in [0.5, 0.6) is 5.75 Å². The summed E-state index contributed by atoms with van der Waals surface area (Å²) in [4.78, 5) is 4.26. The van der Waals surface area contributed by atoms with E-state index in [1.165, 1.54) is 6.07 Å². The molecule has 1 unspecified atom stereocenters. The minimum Gasteiger partial charge on any atom is -0.434 e. The molecule has 0 aliphatic heterocycles. The number of para-hydroxylation sites is 1. The Balaban J connectivity index is 2.16. The van der Waals surface area contributed by atoms with Gasteiger partial charge in [0.2, 0.25) is 0 Å². The van der Waals surface area contributed by atoms with Crippen molar-refractivity contribution in [2.75, 3.05) is 0 Å². The lowest BCUT2D eigenvalue weighted by Gasteiger charge is -2.14. The SMILES string of the molecule is Cc1ccc(CC(Cl)c2ccccc2OC(F)F)nc1. The molecular formula is C15H14ClF2NO. The number of nitrogens with zero attached hydrogens (tertiary/aromatic N) is 1. The summed E-state index contributed by atoms with van der Waals surface area (Å²) in [6.45, 7) is -0.918. The van der Waals surface area contributed by atoms with Crippen molar-refractivity contribution in [1.82, 2.24) is 4.98 Å². The van der Waals surface area contributed by atoms with Crippen molar-refractivity contribution in [2.24, 2.45) is 0 Å². The van der Waals surface area contributed by atoms with Gasteiger partial charge in [-0.15, -0.1) is 11.6 Å². The Morgan fingerprint density at radius 1 is 1.20 bits per heavy atom. The van der Waals surface area contributed by atoms with Gasteiger partial charge in [0, 0.05) is 23.9 Å². The first-order chi connectivity index (χ1) is 9.56. The number of hydrogen-bond acceptors (Lipinski definition) is 2. The third-order valence-corrected chi connectivity index (χ3v) is 3.22. The Hall–Kier alpha value is -1.68. The van der Waals surface area contributed by atoms with Crippen LogP contribution in [0.25, 0.3) is 0 Å². The van der Waals surface area contributed by atoms with Gasteiger partial charge in [0.25, 0.3) is 0 Å². The number of halogens is 3. The normalized spacial score (nSPS) is 12.4. The molecule has 2 nitrogen and oxygen atoms in total. The van der Waals surface area contributed by atoms with Gasteiger partial charge >= 0.3 is 6.61 Å². The Morgan fingerprint density at radius 2 is 1.95 bits per heavy atom. The van der Waals surface area contributed by atoms with Crippen LogP contribution >= 0.6 is 11.6 Å². The fourth-order valence-electron chi connectivity index (χ4n) is 1.86. The van der Waals surface area contributed by atoms with E-state index < -0.39 is 12.0 Å². The van der Waals surface area contributed by atoms with E-state index in [2.05, 4.69) is 9.72 Å². The van der Waals surface area contributed by atoms with Gasteiger partial charge < -0.3 is 4.74 Å². The molecule has 1 heterocycles. The van der Waals surface area contributed by atoms with E-state index >= 15 is 0 Å². The highest BCUT2D eigenvalue weighted by Crippen LogP contribution is 2.32. The molecule has 0 radical (unpaired) electrons. The first kappa shape index (κ1) is 14.7. The van der Waals surface area contributed by atoms with Gasteiger partial charge in [-0.3, -0.25) is 4.98 Å². The molecule has 0 bridgehead atoms. The van der Waals surface area contributed by atoms with Crippen molar-refractivity contribution in [3.8, 4) is 5.75 Å². The number of hydrogen-bond donors (Lipinski definition) is 0. The number of alkyl halides is 3. The Kier molecular flexibility index (Phi) is 4.90. The smallest absolute Gasteiger partial charge is 0.387 e. The van der Waals surface area contributed by atoms with Crippen molar-refractivity contribution in [2.45, 2.75) is 25.3 Å². The Bertz CT molecular complexity index is 560. The second kappa shape index (κ2) is 6.66. The number of benzene rings is 1. The van der Waals surface area contributed by atoms with Crippen LogP contribution in [0.2, 0.25) is 0 Å². The zero-order chi connectivity index (χ0) is 14.5. The van der Waals surface area contributed by atoms with Crippen molar-refractivity contribution in [3.05, 3.63) is 59.4 Å². The first-order valence-electron chi connectivity index (χ1n) is 6.15. The average Bonchev–Trinajstić information content (AvgIpc) is 2.41. The maximum Gasteiger partial charge on any atom is 0.387 e. The molecule has 0 fully saturated rings. The number of aryl methyl sites for hydroxylation is 1. The highest BCUT2D eigenvalue weighted by Gasteiger charge is 2.17. The molecule has 5 heteroatoms. The molecule has 1 aromatic heterocycles. The van der Waals surface area contributed by atoms with Crippen LogP contribution in [0.1, 0.15) is 22.2 Å². The van der Waals surface area contributed by atoms with Gasteiger partial charge in [-0.2, -0.15) is 8.78 Å². The Morgan fingerprint density at radius 3 is 2.60 bits per heavy atom. The van der Waals surface area contributed by atoms with E-state index in [9.17, 15) is 8.78 Å². The van der Waals surface area contributed by atoms with E-state index in [0.717, 1.165) is 11.3 Å². The summed E-state index contributed by atoms with van der Waals surface area (Å²) < 4.78 is 29.2. The second-order valence-electron chi connectivity index (χ2n) is 4.41. The van der Waals surface area contributed by atoms with Gasteiger partial charge in [0.15, 0.2) is 0 Å². The van der Waals surface area contributed by atoms with E-state index in [-0.39, 0.29) is 5.75 Å². The fourth-order valence-corrected chi connectivity index (χ4v) is 2.19. The number of ether oxygens (including phenoxy) is 1. The molecule has 0 spiro atoms. The summed E-state index contributed by atoms with van der Waals surface area (Å²) in [5.74, 6) is 0.106. The van der Waals surface area contributed by atoms with Crippen LogP contribution in [0.15, 0.2) is 42.6 Å². The van der Waals surface area contributed by atoms with Crippen LogP contribution in [-0.4, -0.2) is 11.6 Å². The van der Waals surface area contributed by atoms with E-state index in [1.807, 2.05) is 19.1 Å². The maximum atomic E-state index is 12.4. The van der Waals surface area contributed by atoms with E-state index in [4.69, 9.17) is 11.6 Å². The first-order valence-corrected chi connectivity index (χ1v) is 6.59. The summed E-state index contributed by atoms with van der Waals surface area (Å²) in [7, 11) is 0. The highest BCUT2D eigenvalue weighted by atomic mass is 35.5. The Labute approximate surface area is 121 Å². The molecule has 20 heavy (non-hydrogen) atoms. The molecule has 2 aromatic rings. The molecule has 0 saturated heterocycles. The van der Waals surface area contributed by atoms with E-state index in [1.54, 1.807) is 24.4 Å². The molecule has 0 aliphatic carbocycles. The van der Waals surface area contributed by atoms with Crippen LogP contribution in [0, 0.1) is 6.92 Å². The number of rotatable bonds is 5. The number of aromatic nitrogens is 1. The summed E-state index contributed by atoms with van der Waals surface area (Å²) in [5, 5.41) is -0.472. The van der Waals surface area contributed by atoms with Crippen LogP contribution in [-0.2, 0) is 6.42 Å². The van der Waals surface area contributed by atoms with Gasteiger partial charge in [-0.1, -0.05) is 24.3 Å². The third-order valence-electron chi connectivity index (χ3n) is 2.83. The average molecular weight is 298 g/mol. The number of pyridine rings is 1. The lowest BCUT2D eigenvalue weighted by Crippen LogP contribution is -2.06. The van der Waals surface area contributed by atoms with Crippen molar-refractivity contribution in [1.29, 1.82) is 0 Å². The van der Waals surface area contributed by atoms with Gasteiger partial charge in [0.05, 0.1) is 5.38 Å². The van der Waals surface area contributed by atoms with Crippen LogP contribution in [0.3, 0.4) is 0 Å². The fraction of sp³-hybridized carbons (Fsp3) is 0.267. The standard InChI is InChI=1S/C15H14ClF2NO/c1-10-6-7-11(19-9-10)8-13(16)12-4-2-3-5-14(12)20-15(17)18/h2-7,9,13,15H,8H2,1H3. The lowest BCUT2D eigenvalue weighted by atomic mass is 10.1. The molecule has 1 aromatic carbocycles. The summed E-state index contributed by atoms with van der Waals surface area (Å²) in [5.41, 5.74) is 2.40. The molecule has 2 rings (SSSR count). The minimum absolute atomic E-state index is 0.106. The second-order valence-corrected chi connectivity index (χ2v) is 4.94. The van der Waals surface area contributed by atoms with Crippen LogP contribution in [0.4, 0.5) is 8.78 Å². The molecule has 0 N–H and O–H groups in total. The molecule has 1 atom stereocenters. The van der Waals surface area contributed by atoms with Crippen LogP contribution < -0.4 is 4.74 Å². The van der Waals surface area contributed by atoms with Crippen molar-refractivity contribution >= 4 is 11.6 Å². The maximum absolute atomic E-state index is 12.4. The molecule has 106 valence electrons. The molecule has 0 amide bonds. The quantitative estimate of drug-likeness (QED) is 0.757. The largest absolute Gasteiger partial charge is 0.434 e. The van der Waals surface area contributed by atoms with Gasteiger partial charge in [-0.25, -0.2) is 0 Å². The topological polar surface area (TPSA) is 22.1 Å². The monoisotopic (exact) mass is 297 g/mol. The summed E-state index contributed by atoms with van der Waals surface area (Å²) in [6.07, 6.45) is 2.20. The predicted molar refractivity (Wildman–Crippen MR) is 74.3 cm³/mol. The van der Waals surface area contributed by atoms with Crippen molar-refractivity contribution in [3.63, 3.8) is 0 Å². The molecule has 0 aliphatic rings.